The minimum Gasteiger partial charge on any atom is -0.494 e. The van der Waals surface area contributed by atoms with E-state index in [1.54, 1.807) is 31.2 Å². The molecule has 1 aromatic heterocycles. The Morgan fingerprint density at radius 2 is 2.07 bits per heavy atom. The number of carbonyl (C=O) groups excluding carboxylic acids is 1. The standard InChI is InChI=1S/C31H38FN7O3/c1-6-31(40)36-25-15-26(28(41-5)16-27(25)38-12-10-23(18-38)37(3)4)35-29-17-30(34-19-33-29)39-22(11-13-42-39)14-21-8-7-9-24(32)20(21)2/h6-9,15-17,19,22-23H,1,10-14,18H2,2-5H3,(H,36,40)(H,33,34,35). The molecule has 222 valence electrons. The first-order valence-corrected chi connectivity index (χ1v) is 14.1. The van der Waals surface area contributed by atoms with Crippen molar-refractivity contribution in [2.24, 2.45) is 0 Å². The van der Waals surface area contributed by atoms with Crippen LogP contribution in [-0.2, 0) is 16.1 Å². The van der Waals surface area contributed by atoms with Crippen LogP contribution in [0.25, 0.3) is 0 Å². The largest absolute Gasteiger partial charge is 0.494 e. The highest BCUT2D eigenvalue weighted by atomic mass is 19.1. The molecule has 2 fully saturated rings. The summed E-state index contributed by atoms with van der Waals surface area (Å²) in [7, 11) is 5.77. The average Bonchev–Trinajstić information content (AvgIpc) is 3.66. The maximum Gasteiger partial charge on any atom is 0.247 e. The van der Waals surface area contributed by atoms with Crippen LogP contribution < -0.4 is 25.3 Å². The Balaban J connectivity index is 1.41. The molecule has 42 heavy (non-hydrogen) atoms. The maximum atomic E-state index is 14.2. The van der Waals surface area contributed by atoms with Crippen molar-refractivity contribution in [3.05, 3.63) is 72.3 Å². The third kappa shape index (κ3) is 6.32. The quantitative estimate of drug-likeness (QED) is 0.334. The number of benzene rings is 2. The van der Waals surface area contributed by atoms with Crippen molar-refractivity contribution >= 4 is 34.6 Å². The summed E-state index contributed by atoms with van der Waals surface area (Å²) in [5.41, 5.74) is 3.74. The van der Waals surface area contributed by atoms with E-state index in [0.717, 1.165) is 37.2 Å². The minimum atomic E-state index is -0.300. The molecule has 2 N–H and O–H groups in total. The summed E-state index contributed by atoms with van der Waals surface area (Å²) < 4.78 is 19.9. The molecule has 11 heteroatoms. The van der Waals surface area contributed by atoms with Crippen molar-refractivity contribution < 1.29 is 18.8 Å². The summed E-state index contributed by atoms with van der Waals surface area (Å²) in [6.45, 7) is 7.64. The lowest BCUT2D eigenvalue weighted by Gasteiger charge is -2.26. The minimum absolute atomic E-state index is 0.00533. The Kier molecular flexibility index (Phi) is 8.89. The first-order chi connectivity index (χ1) is 20.3. The number of aromatic nitrogens is 2. The van der Waals surface area contributed by atoms with Crippen LogP contribution in [0.5, 0.6) is 5.75 Å². The molecule has 5 rings (SSSR count). The highest BCUT2D eigenvalue weighted by Crippen LogP contribution is 2.40. The summed E-state index contributed by atoms with van der Waals surface area (Å²) in [4.78, 5) is 31.7. The van der Waals surface area contributed by atoms with E-state index in [-0.39, 0.29) is 17.8 Å². The number of nitrogens with zero attached hydrogens (tertiary/aromatic N) is 5. The van der Waals surface area contributed by atoms with Gasteiger partial charge in [0.1, 0.15) is 23.7 Å². The molecule has 2 aliphatic rings. The molecule has 0 bridgehead atoms. The van der Waals surface area contributed by atoms with Gasteiger partial charge in [0.25, 0.3) is 0 Å². The van der Waals surface area contributed by atoms with E-state index >= 15 is 0 Å². The first kappa shape index (κ1) is 29.3. The van der Waals surface area contributed by atoms with Crippen LogP contribution in [0.2, 0.25) is 0 Å². The van der Waals surface area contributed by atoms with Crippen molar-refractivity contribution in [2.45, 2.75) is 38.3 Å². The Labute approximate surface area is 246 Å². The van der Waals surface area contributed by atoms with Crippen LogP contribution in [0.1, 0.15) is 24.0 Å². The van der Waals surface area contributed by atoms with Gasteiger partial charge in [0.15, 0.2) is 5.82 Å². The van der Waals surface area contributed by atoms with E-state index in [2.05, 4.69) is 51.1 Å². The molecule has 0 saturated carbocycles. The lowest BCUT2D eigenvalue weighted by molar-refractivity contribution is -0.111. The normalized spacial score (nSPS) is 18.4. The number of carbonyl (C=O) groups is 1. The average molecular weight is 576 g/mol. The fraction of sp³-hybridized carbons (Fsp3) is 0.387. The van der Waals surface area contributed by atoms with Crippen LogP contribution in [0.3, 0.4) is 0 Å². The second-order valence-corrected chi connectivity index (χ2v) is 10.8. The fourth-order valence-electron chi connectivity index (χ4n) is 5.51. The molecule has 2 aliphatic heterocycles. The number of methoxy groups -OCH3 is 1. The summed E-state index contributed by atoms with van der Waals surface area (Å²) in [5.74, 6) is 1.21. The first-order valence-electron chi connectivity index (χ1n) is 14.1. The van der Waals surface area contributed by atoms with Gasteiger partial charge in [-0.1, -0.05) is 18.7 Å². The summed E-state index contributed by atoms with van der Waals surface area (Å²) in [6, 6.07) is 11.2. The second-order valence-electron chi connectivity index (χ2n) is 10.8. The number of halogens is 1. The Bertz CT molecular complexity index is 1450. The van der Waals surface area contributed by atoms with E-state index in [4.69, 9.17) is 9.57 Å². The predicted molar refractivity (Wildman–Crippen MR) is 163 cm³/mol. The van der Waals surface area contributed by atoms with Crippen molar-refractivity contribution in [1.29, 1.82) is 0 Å². The summed E-state index contributed by atoms with van der Waals surface area (Å²) >= 11 is 0. The Morgan fingerprint density at radius 3 is 2.81 bits per heavy atom. The molecule has 0 spiro atoms. The number of hydrogen-bond donors (Lipinski definition) is 2. The number of anilines is 5. The molecule has 10 nitrogen and oxygen atoms in total. The molecular formula is C31H38FN7O3. The van der Waals surface area contributed by atoms with E-state index in [1.165, 1.54) is 18.5 Å². The lowest BCUT2D eigenvalue weighted by atomic mass is 9.99. The number of amides is 1. The molecule has 2 aromatic carbocycles. The van der Waals surface area contributed by atoms with Gasteiger partial charge in [-0.15, -0.1) is 0 Å². The van der Waals surface area contributed by atoms with E-state index in [1.807, 2.05) is 18.2 Å². The van der Waals surface area contributed by atoms with Crippen molar-refractivity contribution in [3.63, 3.8) is 0 Å². The summed E-state index contributed by atoms with van der Waals surface area (Å²) in [6.07, 6.45) is 5.16. The van der Waals surface area contributed by atoms with Gasteiger partial charge < -0.3 is 25.2 Å². The van der Waals surface area contributed by atoms with Crippen molar-refractivity contribution in [1.82, 2.24) is 14.9 Å². The molecule has 3 heterocycles. The molecule has 0 aliphatic carbocycles. The third-order valence-electron chi connectivity index (χ3n) is 7.99. The van der Waals surface area contributed by atoms with Gasteiger partial charge in [-0.3, -0.25) is 9.63 Å². The van der Waals surface area contributed by atoms with Crippen LogP contribution in [0, 0.1) is 12.7 Å². The monoisotopic (exact) mass is 575 g/mol. The van der Waals surface area contributed by atoms with Gasteiger partial charge >= 0.3 is 0 Å². The topological polar surface area (TPSA) is 95.1 Å². The van der Waals surface area contributed by atoms with Crippen LogP contribution >= 0.6 is 0 Å². The third-order valence-corrected chi connectivity index (χ3v) is 7.99. The maximum absolute atomic E-state index is 14.2. The van der Waals surface area contributed by atoms with Crippen LogP contribution in [0.15, 0.2) is 55.4 Å². The molecule has 3 aromatic rings. The molecule has 0 radical (unpaired) electrons. The number of hydroxylamine groups is 1. The number of likely N-dealkylation sites (N-methyl/N-ethyl adjacent to an activating group) is 1. The number of ether oxygens (including phenoxy) is 1. The Hall–Kier alpha value is -4.22. The van der Waals surface area contributed by atoms with Crippen molar-refractivity contribution in [3.8, 4) is 5.75 Å². The van der Waals surface area contributed by atoms with Gasteiger partial charge in [-0.25, -0.2) is 19.4 Å². The molecule has 2 atom stereocenters. The van der Waals surface area contributed by atoms with Gasteiger partial charge in [0.2, 0.25) is 5.91 Å². The van der Waals surface area contributed by atoms with E-state index in [9.17, 15) is 9.18 Å². The number of rotatable bonds is 10. The zero-order chi connectivity index (χ0) is 29.8. The molecule has 1 amide bonds. The number of hydrogen-bond acceptors (Lipinski definition) is 9. The van der Waals surface area contributed by atoms with Crippen LogP contribution in [0.4, 0.5) is 33.1 Å². The van der Waals surface area contributed by atoms with E-state index in [0.29, 0.717) is 53.4 Å². The van der Waals surface area contributed by atoms with Crippen LogP contribution in [-0.4, -0.2) is 73.8 Å². The van der Waals surface area contributed by atoms with Gasteiger partial charge in [-0.2, -0.15) is 0 Å². The predicted octanol–water partition coefficient (Wildman–Crippen LogP) is 4.69. The molecule has 2 saturated heterocycles. The highest BCUT2D eigenvalue weighted by molar-refractivity contribution is 6.02. The van der Waals surface area contributed by atoms with Gasteiger partial charge in [-0.05, 0) is 69.6 Å². The number of nitrogens with one attached hydrogen (secondary N) is 2. The molecular weight excluding hydrogens is 537 g/mol. The van der Waals surface area contributed by atoms with Gasteiger partial charge in [0, 0.05) is 31.3 Å². The smallest absolute Gasteiger partial charge is 0.247 e. The second kappa shape index (κ2) is 12.7. The SMILES string of the molecule is C=CC(=O)Nc1cc(Nc2cc(N3OCCC3Cc3cccc(F)c3C)ncn2)c(OC)cc1N1CCC(N(C)C)C1. The fourth-order valence-corrected chi connectivity index (χ4v) is 5.51. The van der Waals surface area contributed by atoms with Crippen molar-refractivity contribution in [2.75, 3.05) is 61.5 Å². The lowest BCUT2D eigenvalue weighted by Crippen LogP contribution is -2.31. The van der Waals surface area contributed by atoms with Gasteiger partial charge in [0.05, 0.1) is 36.8 Å². The molecule has 2 unspecified atom stereocenters. The van der Waals surface area contributed by atoms with E-state index < -0.39 is 0 Å². The Morgan fingerprint density at radius 1 is 1.24 bits per heavy atom. The summed E-state index contributed by atoms with van der Waals surface area (Å²) in [5, 5.41) is 8.07. The highest BCUT2D eigenvalue weighted by Gasteiger charge is 2.30. The zero-order valence-corrected chi connectivity index (χ0v) is 24.6. The zero-order valence-electron chi connectivity index (χ0n) is 24.6.